The van der Waals surface area contributed by atoms with Gasteiger partial charge in [0.25, 0.3) is 0 Å². The Balaban J connectivity index is 2.40. The van der Waals surface area contributed by atoms with Crippen LogP contribution in [-0.2, 0) is 5.41 Å². The van der Waals surface area contributed by atoms with Crippen molar-refractivity contribution in [3.63, 3.8) is 0 Å². The molecule has 0 saturated heterocycles. The van der Waals surface area contributed by atoms with E-state index in [4.69, 9.17) is 0 Å². The molecule has 0 saturated carbocycles. The standard InChI is InChI=1S/C24H29F5/c1-15(2)22(3,4)14-23(5,6)18-12-19(25)21(20(26)13-18)16-8-7-9-17(11-10-16)24(27,28)29/h7-13,15,17H,14H2,1-6H3. The van der Waals surface area contributed by atoms with Crippen LogP contribution in [-0.4, -0.2) is 6.18 Å². The molecule has 2 rings (SSSR count). The van der Waals surface area contributed by atoms with E-state index in [2.05, 4.69) is 27.7 Å². The SMILES string of the molecule is CC(C)C(C)(C)CC(C)(C)c1cc(F)c(C2=CC=CC(C(F)(F)F)C=C2)c(F)c1. The first-order chi connectivity index (χ1) is 13.1. The third-order valence-electron chi connectivity index (χ3n) is 6.03. The van der Waals surface area contributed by atoms with E-state index in [1.807, 2.05) is 13.8 Å². The Morgan fingerprint density at radius 1 is 0.931 bits per heavy atom. The Bertz CT molecular complexity index is 812. The van der Waals surface area contributed by atoms with Gasteiger partial charge in [-0.25, -0.2) is 8.78 Å². The monoisotopic (exact) mass is 412 g/mol. The van der Waals surface area contributed by atoms with Gasteiger partial charge in [-0.1, -0.05) is 71.9 Å². The Morgan fingerprint density at radius 3 is 1.97 bits per heavy atom. The zero-order valence-corrected chi connectivity index (χ0v) is 17.8. The molecule has 29 heavy (non-hydrogen) atoms. The summed E-state index contributed by atoms with van der Waals surface area (Å²) in [5.74, 6) is -2.93. The molecule has 1 aliphatic rings. The molecule has 160 valence electrons. The number of hydrogen-bond donors (Lipinski definition) is 0. The number of allylic oxidation sites excluding steroid dienone is 6. The summed E-state index contributed by atoms with van der Waals surface area (Å²) in [5.41, 5.74) is -0.194. The van der Waals surface area contributed by atoms with Gasteiger partial charge in [-0.2, -0.15) is 13.2 Å². The van der Waals surface area contributed by atoms with Gasteiger partial charge in [-0.05, 0) is 46.4 Å². The number of rotatable bonds is 5. The molecule has 0 aliphatic heterocycles. The molecular formula is C24H29F5. The van der Waals surface area contributed by atoms with Crippen molar-refractivity contribution < 1.29 is 22.0 Å². The third-order valence-corrected chi connectivity index (χ3v) is 6.03. The highest BCUT2D eigenvalue weighted by Gasteiger charge is 2.36. The van der Waals surface area contributed by atoms with Crippen LogP contribution in [0.3, 0.4) is 0 Å². The number of hydrogen-bond acceptors (Lipinski definition) is 0. The van der Waals surface area contributed by atoms with Gasteiger partial charge >= 0.3 is 6.18 Å². The summed E-state index contributed by atoms with van der Waals surface area (Å²) in [4.78, 5) is 0. The molecule has 1 aliphatic carbocycles. The fourth-order valence-electron chi connectivity index (χ4n) is 3.68. The van der Waals surface area contributed by atoms with E-state index in [1.54, 1.807) is 0 Å². The van der Waals surface area contributed by atoms with E-state index in [0.717, 1.165) is 24.6 Å². The molecule has 1 aromatic carbocycles. The summed E-state index contributed by atoms with van der Waals surface area (Å²) >= 11 is 0. The highest BCUT2D eigenvalue weighted by Crippen LogP contribution is 2.42. The summed E-state index contributed by atoms with van der Waals surface area (Å²) in [6, 6.07) is 2.61. The van der Waals surface area contributed by atoms with E-state index in [-0.39, 0.29) is 16.6 Å². The van der Waals surface area contributed by atoms with Gasteiger partial charge in [0, 0.05) is 0 Å². The Morgan fingerprint density at radius 2 is 1.48 bits per heavy atom. The first kappa shape index (κ1) is 23.4. The molecular weight excluding hydrogens is 383 g/mol. The molecule has 1 unspecified atom stereocenters. The fraction of sp³-hybridized carbons (Fsp3) is 0.500. The van der Waals surface area contributed by atoms with Gasteiger partial charge in [0.2, 0.25) is 0 Å². The van der Waals surface area contributed by atoms with Gasteiger partial charge in [0.1, 0.15) is 11.6 Å². The molecule has 0 spiro atoms. The molecule has 1 atom stereocenters. The predicted molar refractivity (Wildman–Crippen MR) is 108 cm³/mol. The predicted octanol–water partition coefficient (Wildman–Crippen LogP) is 8.00. The van der Waals surface area contributed by atoms with Gasteiger partial charge in [-0.3, -0.25) is 0 Å². The first-order valence-corrected chi connectivity index (χ1v) is 9.78. The average Bonchev–Trinajstić information content (AvgIpc) is 2.79. The van der Waals surface area contributed by atoms with Crippen molar-refractivity contribution in [2.75, 3.05) is 0 Å². The van der Waals surface area contributed by atoms with E-state index >= 15 is 0 Å². The summed E-state index contributed by atoms with van der Waals surface area (Å²) < 4.78 is 68.6. The van der Waals surface area contributed by atoms with Crippen LogP contribution in [0.15, 0.2) is 42.5 Å². The van der Waals surface area contributed by atoms with Gasteiger partial charge < -0.3 is 0 Å². The van der Waals surface area contributed by atoms with Crippen LogP contribution in [0.25, 0.3) is 5.57 Å². The van der Waals surface area contributed by atoms with Crippen molar-refractivity contribution in [1.29, 1.82) is 0 Å². The molecule has 5 heteroatoms. The number of benzene rings is 1. The number of halogens is 5. The second kappa shape index (κ2) is 8.08. The Kier molecular flexibility index (Phi) is 6.51. The lowest BCUT2D eigenvalue weighted by atomic mass is 9.67. The fourth-order valence-corrected chi connectivity index (χ4v) is 3.68. The van der Waals surface area contributed by atoms with Crippen molar-refractivity contribution in [3.8, 4) is 0 Å². The van der Waals surface area contributed by atoms with Crippen LogP contribution < -0.4 is 0 Å². The van der Waals surface area contributed by atoms with Crippen molar-refractivity contribution in [2.24, 2.45) is 17.3 Å². The van der Waals surface area contributed by atoms with Crippen LogP contribution in [0.4, 0.5) is 22.0 Å². The molecule has 1 aromatic rings. The topological polar surface area (TPSA) is 0 Å². The molecule has 0 aromatic heterocycles. The summed E-state index contributed by atoms with van der Waals surface area (Å²) in [6.07, 6.45) is 1.79. The maximum absolute atomic E-state index is 14.9. The average molecular weight is 412 g/mol. The van der Waals surface area contributed by atoms with E-state index < -0.39 is 29.1 Å². The van der Waals surface area contributed by atoms with Crippen LogP contribution in [0.5, 0.6) is 0 Å². The first-order valence-electron chi connectivity index (χ1n) is 9.78. The summed E-state index contributed by atoms with van der Waals surface area (Å²) in [6.45, 7) is 12.4. The second-order valence-corrected chi connectivity index (χ2v) is 9.45. The van der Waals surface area contributed by atoms with Crippen molar-refractivity contribution >= 4 is 5.57 Å². The van der Waals surface area contributed by atoms with Crippen LogP contribution in [0, 0.1) is 28.9 Å². The molecule has 0 amide bonds. The van der Waals surface area contributed by atoms with E-state index in [1.165, 1.54) is 24.3 Å². The largest absolute Gasteiger partial charge is 0.398 e. The van der Waals surface area contributed by atoms with Crippen LogP contribution in [0.1, 0.15) is 59.1 Å². The summed E-state index contributed by atoms with van der Waals surface area (Å²) in [7, 11) is 0. The van der Waals surface area contributed by atoms with Crippen molar-refractivity contribution in [1.82, 2.24) is 0 Å². The van der Waals surface area contributed by atoms with E-state index in [0.29, 0.717) is 11.5 Å². The van der Waals surface area contributed by atoms with Crippen molar-refractivity contribution in [2.45, 2.75) is 59.6 Å². The van der Waals surface area contributed by atoms with Gasteiger partial charge in [-0.15, -0.1) is 0 Å². The summed E-state index contributed by atoms with van der Waals surface area (Å²) in [5, 5.41) is 0. The molecule has 0 fully saturated rings. The number of alkyl halides is 3. The second-order valence-electron chi connectivity index (χ2n) is 9.45. The van der Waals surface area contributed by atoms with E-state index in [9.17, 15) is 22.0 Å². The highest BCUT2D eigenvalue weighted by atomic mass is 19.4. The molecule has 0 radical (unpaired) electrons. The minimum absolute atomic E-state index is 0.0287. The van der Waals surface area contributed by atoms with Crippen molar-refractivity contribution in [3.05, 3.63) is 65.3 Å². The maximum Gasteiger partial charge on any atom is 0.398 e. The molecule has 0 bridgehead atoms. The quantitative estimate of drug-likeness (QED) is 0.430. The molecule has 0 heterocycles. The Labute approximate surface area is 170 Å². The zero-order valence-electron chi connectivity index (χ0n) is 17.8. The highest BCUT2D eigenvalue weighted by molar-refractivity contribution is 5.76. The van der Waals surface area contributed by atoms with Gasteiger partial charge in [0.05, 0.1) is 11.5 Å². The minimum Gasteiger partial charge on any atom is -0.206 e. The van der Waals surface area contributed by atoms with Crippen LogP contribution >= 0.6 is 0 Å². The lowest BCUT2D eigenvalue weighted by molar-refractivity contribution is -0.148. The maximum atomic E-state index is 14.9. The minimum atomic E-state index is -4.44. The van der Waals surface area contributed by atoms with Crippen LogP contribution in [0.2, 0.25) is 0 Å². The Hall–Kier alpha value is -1.91. The third kappa shape index (κ3) is 5.37. The lowest BCUT2D eigenvalue weighted by Gasteiger charge is -2.38. The lowest BCUT2D eigenvalue weighted by Crippen LogP contribution is -2.30. The normalized spacial score (nSPS) is 18.2. The molecule has 0 N–H and O–H groups in total. The smallest absolute Gasteiger partial charge is 0.206 e. The van der Waals surface area contributed by atoms with Gasteiger partial charge in [0.15, 0.2) is 0 Å². The molecule has 0 nitrogen and oxygen atoms in total. The zero-order chi connectivity index (χ0) is 22.2.